The molecule has 0 N–H and O–H groups in total. The maximum Gasteiger partial charge on any atom is 0.189 e. The van der Waals surface area contributed by atoms with E-state index in [0.29, 0.717) is 17.2 Å². The highest BCUT2D eigenvalue weighted by atomic mass is 16.7. The van der Waals surface area contributed by atoms with E-state index in [4.69, 9.17) is 28.4 Å². The standard InChI is InChI=1S/C21H36O6/c1-7-16(4)22-13-25-19-10-11-20(26-14-23-17(5)8-2)21(12-19)27-15-24-18(6)9-3/h10-12,16-18H,7-9,13-15H2,1-6H3. The molecule has 6 heteroatoms. The smallest absolute Gasteiger partial charge is 0.189 e. The van der Waals surface area contributed by atoms with E-state index in [0.717, 1.165) is 19.3 Å². The van der Waals surface area contributed by atoms with Gasteiger partial charge < -0.3 is 28.4 Å². The Labute approximate surface area is 164 Å². The van der Waals surface area contributed by atoms with Gasteiger partial charge >= 0.3 is 0 Å². The van der Waals surface area contributed by atoms with Crippen LogP contribution in [0.3, 0.4) is 0 Å². The van der Waals surface area contributed by atoms with Crippen molar-refractivity contribution in [2.75, 3.05) is 20.4 Å². The van der Waals surface area contributed by atoms with E-state index >= 15 is 0 Å². The lowest BCUT2D eigenvalue weighted by atomic mass is 10.3. The van der Waals surface area contributed by atoms with E-state index in [1.807, 2.05) is 26.8 Å². The molecular formula is C21H36O6. The van der Waals surface area contributed by atoms with Gasteiger partial charge in [0.25, 0.3) is 0 Å². The Hall–Kier alpha value is -1.50. The van der Waals surface area contributed by atoms with Crippen molar-refractivity contribution >= 4 is 0 Å². The predicted molar refractivity (Wildman–Crippen MR) is 105 cm³/mol. The van der Waals surface area contributed by atoms with Crippen LogP contribution in [-0.4, -0.2) is 38.7 Å². The van der Waals surface area contributed by atoms with Crippen molar-refractivity contribution in [2.24, 2.45) is 0 Å². The fraction of sp³-hybridized carbons (Fsp3) is 0.714. The summed E-state index contributed by atoms with van der Waals surface area (Å²) >= 11 is 0. The zero-order valence-corrected chi connectivity index (χ0v) is 17.7. The molecule has 0 heterocycles. The molecule has 0 saturated heterocycles. The summed E-state index contributed by atoms with van der Waals surface area (Å²) in [5, 5.41) is 0. The zero-order chi connectivity index (χ0) is 20.1. The van der Waals surface area contributed by atoms with Crippen LogP contribution < -0.4 is 14.2 Å². The van der Waals surface area contributed by atoms with Gasteiger partial charge in [0.15, 0.2) is 31.9 Å². The molecule has 1 aromatic rings. The van der Waals surface area contributed by atoms with E-state index in [1.165, 1.54) is 0 Å². The molecule has 1 rings (SSSR count). The lowest BCUT2D eigenvalue weighted by molar-refractivity contribution is -0.0423. The van der Waals surface area contributed by atoms with Gasteiger partial charge in [-0.05, 0) is 52.2 Å². The molecule has 0 fully saturated rings. The van der Waals surface area contributed by atoms with Gasteiger partial charge in [-0.15, -0.1) is 0 Å². The van der Waals surface area contributed by atoms with E-state index in [2.05, 4.69) is 20.8 Å². The second-order valence-electron chi connectivity index (χ2n) is 6.55. The van der Waals surface area contributed by atoms with Crippen LogP contribution in [0.15, 0.2) is 18.2 Å². The van der Waals surface area contributed by atoms with E-state index in [9.17, 15) is 0 Å². The van der Waals surface area contributed by atoms with Crippen LogP contribution in [0.4, 0.5) is 0 Å². The van der Waals surface area contributed by atoms with Crippen LogP contribution in [0.25, 0.3) is 0 Å². The molecule has 0 amide bonds. The molecule has 0 aliphatic rings. The molecule has 3 atom stereocenters. The van der Waals surface area contributed by atoms with Crippen LogP contribution in [0.2, 0.25) is 0 Å². The largest absolute Gasteiger partial charge is 0.467 e. The summed E-state index contributed by atoms with van der Waals surface area (Å²) in [5.41, 5.74) is 0. The molecule has 0 radical (unpaired) electrons. The lowest BCUT2D eigenvalue weighted by Crippen LogP contribution is -2.14. The van der Waals surface area contributed by atoms with Crippen LogP contribution in [0.1, 0.15) is 60.8 Å². The highest BCUT2D eigenvalue weighted by Crippen LogP contribution is 2.32. The highest BCUT2D eigenvalue weighted by molar-refractivity contribution is 5.45. The van der Waals surface area contributed by atoms with Crippen LogP contribution >= 0.6 is 0 Å². The van der Waals surface area contributed by atoms with Crippen LogP contribution in [-0.2, 0) is 14.2 Å². The summed E-state index contributed by atoms with van der Waals surface area (Å²) in [5.74, 6) is 1.78. The fourth-order valence-electron chi connectivity index (χ4n) is 1.81. The molecule has 0 aliphatic heterocycles. The summed E-state index contributed by atoms with van der Waals surface area (Å²) in [7, 11) is 0. The maximum atomic E-state index is 5.76. The van der Waals surface area contributed by atoms with E-state index < -0.39 is 0 Å². The summed E-state index contributed by atoms with van der Waals surface area (Å²) in [6, 6.07) is 5.40. The SMILES string of the molecule is CCC(C)OCOc1ccc(OCOC(C)CC)c(OCOC(C)CC)c1. The molecule has 3 unspecified atom stereocenters. The normalized spacial score (nSPS) is 14.4. The quantitative estimate of drug-likeness (QED) is 0.390. The van der Waals surface area contributed by atoms with Gasteiger partial charge in [0.05, 0.1) is 18.3 Å². The number of benzene rings is 1. The number of rotatable bonds is 15. The first-order valence-corrected chi connectivity index (χ1v) is 9.87. The molecule has 0 spiro atoms. The van der Waals surface area contributed by atoms with Gasteiger partial charge in [0.1, 0.15) is 5.75 Å². The summed E-state index contributed by atoms with van der Waals surface area (Å²) in [6.07, 6.45) is 3.22. The zero-order valence-electron chi connectivity index (χ0n) is 17.7. The molecular weight excluding hydrogens is 348 g/mol. The topological polar surface area (TPSA) is 55.4 Å². The Morgan fingerprint density at radius 2 is 1.07 bits per heavy atom. The lowest BCUT2D eigenvalue weighted by Gasteiger charge is -2.17. The van der Waals surface area contributed by atoms with Gasteiger partial charge in [0.2, 0.25) is 0 Å². The minimum atomic E-state index is 0.131. The van der Waals surface area contributed by atoms with Gasteiger partial charge in [-0.2, -0.15) is 0 Å². The minimum Gasteiger partial charge on any atom is -0.467 e. The van der Waals surface area contributed by atoms with Crippen molar-refractivity contribution in [3.05, 3.63) is 18.2 Å². The molecule has 6 nitrogen and oxygen atoms in total. The molecule has 27 heavy (non-hydrogen) atoms. The Kier molecular flexibility index (Phi) is 11.9. The van der Waals surface area contributed by atoms with Crippen LogP contribution in [0.5, 0.6) is 17.2 Å². The summed E-state index contributed by atoms with van der Waals surface area (Å²) < 4.78 is 33.9. The van der Waals surface area contributed by atoms with Gasteiger partial charge in [-0.25, -0.2) is 0 Å². The predicted octanol–water partition coefficient (Wildman–Crippen LogP) is 5.14. The Bertz CT molecular complexity index is 507. The van der Waals surface area contributed by atoms with Crippen molar-refractivity contribution in [2.45, 2.75) is 79.1 Å². The van der Waals surface area contributed by atoms with Crippen molar-refractivity contribution in [3.63, 3.8) is 0 Å². The monoisotopic (exact) mass is 384 g/mol. The Morgan fingerprint density at radius 1 is 0.630 bits per heavy atom. The third kappa shape index (κ3) is 9.84. The third-order valence-electron chi connectivity index (χ3n) is 4.35. The first-order valence-electron chi connectivity index (χ1n) is 9.87. The first kappa shape index (κ1) is 23.5. The van der Waals surface area contributed by atoms with Crippen molar-refractivity contribution in [1.82, 2.24) is 0 Å². The second kappa shape index (κ2) is 13.6. The number of ether oxygens (including phenoxy) is 6. The molecule has 1 aromatic carbocycles. The molecule has 156 valence electrons. The average Bonchev–Trinajstić information content (AvgIpc) is 2.68. The fourth-order valence-corrected chi connectivity index (χ4v) is 1.81. The van der Waals surface area contributed by atoms with E-state index in [1.54, 1.807) is 12.1 Å². The van der Waals surface area contributed by atoms with Gasteiger partial charge in [-0.3, -0.25) is 0 Å². The highest BCUT2D eigenvalue weighted by Gasteiger charge is 2.10. The van der Waals surface area contributed by atoms with Crippen molar-refractivity contribution in [3.8, 4) is 17.2 Å². The average molecular weight is 385 g/mol. The molecule has 0 saturated carbocycles. The minimum absolute atomic E-state index is 0.131. The summed E-state index contributed by atoms with van der Waals surface area (Å²) in [6.45, 7) is 12.7. The first-order chi connectivity index (χ1) is 13.0. The van der Waals surface area contributed by atoms with Crippen molar-refractivity contribution < 1.29 is 28.4 Å². The maximum absolute atomic E-state index is 5.76. The second-order valence-corrected chi connectivity index (χ2v) is 6.55. The van der Waals surface area contributed by atoms with E-state index in [-0.39, 0.29) is 38.7 Å². The van der Waals surface area contributed by atoms with Gasteiger partial charge in [-0.1, -0.05) is 20.8 Å². The molecule has 0 aromatic heterocycles. The van der Waals surface area contributed by atoms with Crippen molar-refractivity contribution in [1.29, 1.82) is 0 Å². The molecule has 0 bridgehead atoms. The Morgan fingerprint density at radius 3 is 1.56 bits per heavy atom. The van der Waals surface area contributed by atoms with Crippen LogP contribution in [0, 0.1) is 0 Å². The number of hydrogen-bond acceptors (Lipinski definition) is 6. The number of hydrogen-bond donors (Lipinski definition) is 0. The summed E-state index contributed by atoms with van der Waals surface area (Å²) in [4.78, 5) is 0. The molecule has 0 aliphatic carbocycles. The van der Waals surface area contributed by atoms with Gasteiger partial charge in [0, 0.05) is 6.07 Å². The third-order valence-corrected chi connectivity index (χ3v) is 4.35. The Balaban J connectivity index is 2.68.